The molecule has 0 bridgehead atoms. The molecule has 2 atom stereocenters. The second-order valence-electron chi connectivity index (χ2n) is 2.47. The van der Waals surface area contributed by atoms with Crippen molar-refractivity contribution in [2.45, 2.75) is 25.9 Å². The normalized spacial score (nSPS) is 16.3. The number of alkyl halides is 1. The van der Waals surface area contributed by atoms with Crippen LogP contribution in [0.2, 0.25) is 0 Å². The largest absolute Gasteiger partial charge is 0.391 e. The van der Waals surface area contributed by atoms with Crippen LogP contribution in [0.5, 0.6) is 0 Å². The fourth-order valence-electron chi connectivity index (χ4n) is 0.648. The van der Waals surface area contributed by atoms with E-state index in [0.717, 1.165) is 12.8 Å². The third kappa shape index (κ3) is 6.78. The predicted molar refractivity (Wildman–Crippen MR) is 49.5 cm³/mol. The van der Waals surface area contributed by atoms with E-state index in [1.807, 2.05) is 0 Å². The Morgan fingerprint density at radius 3 is 2.73 bits per heavy atom. The lowest BCUT2D eigenvalue weighted by molar-refractivity contribution is 0.222. The molecule has 0 aliphatic rings. The van der Waals surface area contributed by atoms with Gasteiger partial charge in [-0.1, -0.05) is 13.3 Å². The monoisotopic (exact) mass is 198 g/mol. The van der Waals surface area contributed by atoms with Crippen molar-refractivity contribution in [1.29, 1.82) is 0 Å². The van der Waals surface area contributed by atoms with Gasteiger partial charge in [-0.05, 0) is 6.42 Å². The first-order valence-corrected chi connectivity index (χ1v) is 5.82. The van der Waals surface area contributed by atoms with Gasteiger partial charge in [0.2, 0.25) is 0 Å². The summed E-state index contributed by atoms with van der Waals surface area (Å²) in [5, 5.41) is 9.00. The second kappa shape index (κ2) is 7.07. The Hall–Kier alpha value is 0.400. The average Bonchev–Trinajstić information content (AvgIpc) is 2.00. The van der Waals surface area contributed by atoms with E-state index in [1.165, 1.54) is 0 Å². The molecule has 0 heterocycles. The minimum Gasteiger partial charge on any atom is -0.391 e. The molecule has 0 aromatic carbocycles. The van der Waals surface area contributed by atoms with Crippen molar-refractivity contribution < 1.29 is 9.32 Å². The third-order valence-corrected chi connectivity index (χ3v) is 3.14. The van der Waals surface area contributed by atoms with Crippen LogP contribution in [0, 0.1) is 0 Å². The summed E-state index contributed by atoms with van der Waals surface area (Å²) in [5.41, 5.74) is 0. The molecular formula is C7H15ClO2S. The van der Waals surface area contributed by atoms with Crippen LogP contribution in [-0.2, 0) is 10.8 Å². The summed E-state index contributed by atoms with van der Waals surface area (Å²) in [6.45, 7) is 2.05. The van der Waals surface area contributed by atoms with Gasteiger partial charge in [-0.2, -0.15) is 0 Å². The fraction of sp³-hybridized carbons (Fsp3) is 1.00. The highest BCUT2D eigenvalue weighted by Crippen LogP contribution is 1.96. The molecular weight excluding hydrogens is 184 g/mol. The van der Waals surface area contributed by atoms with E-state index in [2.05, 4.69) is 6.92 Å². The minimum atomic E-state index is -0.884. The van der Waals surface area contributed by atoms with Crippen molar-refractivity contribution in [3.05, 3.63) is 0 Å². The number of unbranched alkanes of at least 4 members (excludes halogenated alkanes) is 1. The first-order valence-electron chi connectivity index (χ1n) is 3.79. The zero-order chi connectivity index (χ0) is 8.69. The van der Waals surface area contributed by atoms with E-state index in [1.54, 1.807) is 0 Å². The van der Waals surface area contributed by atoms with Gasteiger partial charge in [0.05, 0.1) is 11.9 Å². The van der Waals surface area contributed by atoms with E-state index < -0.39 is 16.9 Å². The van der Waals surface area contributed by atoms with Crippen LogP contribution >= 0.6 is 11.6 Å². The maximum atomic E-state index is 11.1. The van der Waals surface area contributed by atoms with Gasteiger partial charge in [0.15, 0.2) is 0 Å². The first kappa shape index (κ1) is 11.4. The van der Waals surface area contributed by atoms with Crippen LogP contribution < -0.4 is 0 Å². The van der Waals surface area contributed by atoms with Gasteiger partial charge < -0.3 is 5.11 Å². The van der Waals surface area contributed by atoms with Crippen molar-refractivity contribution in [3.8, 4) is 0 Å². The van der Waals surface area contributed by atoms with Crippen molar-refractivity contribution in [2.24, 2.45) is 0 Å². The standard InChI is InChI=1S/C7H15ClO2S/c1-2-3-4-11(10)6-7(9)5-8/h7,9H,2-6H2,1H3. The predicted octanol–water partition coefficient (Wildman–Crippen LogP) is 1.13. The molecule has 0 rings (SSSR count). The van der Waals surface area contributed by atoms with E-state index in [9.17, 15) is 4.21 Å². The van der Waals surface area contributed by atoms with Crippen molar-refractivity contribution >= 4 is 22.4 Å². The smallest absolute Gasteiger partial charge is 0.0790 e. The van der Waals surface area contributed by atoms with Gasteiger partial charge in [0.1, 0.15) is 0 Å². The minimum absolute atomic E-state index is 0.178. The molecule has 1 N–H and O–H groups in total. The lowest BCUT2D eigenvalue weighted by Crippen LogP contribution is -2.19. The molecule has 0 aliphatic carbocycles. The zero-order valence-corrected chi connectivity index (χ0v) is 8.33. The van der Waals surface area contributed by atoms with Crippen LogP contribution in [0.4, 0.5) is 0 Å². The molecule has 0 amide bonds. The SMILES string of the molecule is CCCCS(=O)CC(O)CCl. The van der Waals surface area contributed by atoms with Crippen LogP contribution in [0.1, 0.15) is 19.8 Å². The topological polar surface area (TPSA) is 37.3 Å². The van der Waals surface area contributed by atoms with Gasteiger partial charge in [0, 0.05) is 22.4 Å². The fourth-order valence-corrected chi connectivity index (χ4v) is 2.21. The Balaban J connectivity index is 3.36. The highest BCUT2D eigenvalue weighted by Gasteiger charge is 2.06. The van der Waals surface area contributed by atoms with Gasteiger partial charge in [-0.3, -0.25) is 4.21 Å². The highest BCUT2D eigenvalue weighted by atomic mass is 35.5. The van der Waals surface area contributed by atoms with Crippen molar-refractivity contribution in [3.63, 3.8) is 0 Å². The maximum absolute atomic E-state index is 11.1. The summed E-state index contributed by atoms with van der Waals surface area (Å²) in [5.74, 6) is 1.19. The molecule has 0 spiro atoms. The molecule has 0 saturated heterocycles. The molecule has 68 valence electrons. The summed E-state index contributed by atoms with van der Waals surface area (Å²) < 4.78 is 11.1. The number of hydrogen-bond donors (Lipinski definition) is 1. The van der Waals surface area contributed by atoms with E-state index in [4.69, 9.17) is 16.7 Å². The van der Waals surface area contributed by atoms with Gasteiger partial charge in [-0.25, -0.2) is 0 Å². The lowest BCUT2D eigenvalue weighted by atomic mass is 10.4. The van der Waals surface area contributed by atoms with Gasteiger partial charge in [0.25, 0.3) is 0 Å². The summed E-state index contributed by atoms with van der Waals surface area (Å²) in [6.07, 6.45) is 1.40. The number of aliphatic hydroxyl groups excluding tert-OH is 1. The number of aliphatic hydroxyl groups is 1. The number of rotatable bonds is 6. The first-order chi connectivity index (χ1) is 5.20. The Kier molecular flexibility index (Phi) is 7.33. The van der Waals surface area contributed by atoms with Crippen LogP contribution in [0.3, 0.4) is 0 Å². The molecule has 0 aromatic heterocycles. The quantitative estimate of drug-likeness (QED) is 0.650. The van der Waals surface area contributed by atoms with Crippen LogP contribution in [-0.4, -0.2) is 32.8 Å². The van der Waals surface area contributed by atoms with Crippen LogP contribution in [0.15, 0.2) is 0 Å². The van der Waals surface area contributed by atoms with E-state index >= 15 is 0 Å². The van der Waals surface area contributed by atoms with E-state index in [0.29, 0.717) is 11.5 Å². The molecule has 0 aromatic rings. The van der Waals surface area contributed by atoms with E-state index in [-0.39, 0.29) is 5.88 Å². The summed E-state index contributed by atoms with van der Waals surface area (Å²) in [4.78, 5) is 0. The summed E-state index contributed by atoms with van der Waals surface area (Å²) >= 11 is 5.35. The third-order valence-electron chi connectivity index (χ3n) is 1.28. The average molecular weight is 199 g/mol. The van der Waals surface area contributed by atoms with Gasteiger partial charge in [-0.15, -0.1) is 11.6 Å². The lowest BCUT2D eigenvalue weighted by Gasteiger charge is -2.05. The highest BCUT2D eigenvalue weighted by molar-refractivity contribution is 7.85. The molecule has 2 unspecified atom stereocenters. The Morgan fingerprint density at radius 2 is 2.27 bits per heavy atom. The maximum Gasteiger partial charge on any atom is 0.0790 e. The van der Waals surface area contributed by atoms with Crippen molar-refractivity contribution in [1.82, 2.24) is 0 Å². The molecule has 0 saturated carbocycles. The van der Waals surface area contributed by atoms with Crippen LogP contribution in [0.25, 0.3) is 0 Å². The summed E-state index contributed by atoms with van der Waals surface area (Å²) in [6, 6.07) is 0. The second-order valence-corrected chi connectivity index (χ2v) is 4.40. The molecule has 0 aliphatic heterocycles. The summed E-state index contributed by atoms with van der Waals surface area (Å²) in [7, 11) is -0.884. The molecule has 0 radical (unpaired) electrons. The molecule has 4 heteroatoms. The Bertz CT molecular complexity index is 119. The Labute approximate surface area is 75.4 Å². The number of hydrogen-bond acceptors (Lipinski definition) is 2. The number of halogens is 1. The zero-order valence-electron chi connectivity index (χ0n) is 6.75. The molecule has 2 nitrogen and oxygen atoms in total. The molecule has 0 fully saturated rings. The van der Waals surface area contributed by atoms with Gasteiger partial charge >= 0.3 is 0 Å². The van der Waals surface area contributed by atoms with Crippen molar-refractivity contribution in [2.75, 3.05) is 17.4 Å². The Morgan fingerprint density at radius 1 is 1.64 bits per heavy atom. The molecule has 11 heavy (non-hydrogen) atoms.